The molecule has 0 saturated heterocycles. The van der Waals surface area contributed by atoms with E-state index < -0.39 is 24.9 Å². The lowest BCUT2D eigenvalue weighted by Crippen LogP contribution is -2.32. The van der Waals surface area contributed by atoms with E-state index in [1.807, 2.05) is 0 Å². The minimum Gasteiger partial charge on any atom is -0.374 e. The number of carbonyl (C=O) groups is 1. The first-order chi connectivity index (χ1) is 9.85. The Morgan fingerprint density at radius 1 is 1.29 bits per heavy atom. The molecule has 3 N–H and O–H groups in total. The zero-order chi connectivity index (χ0) is 15.9. The number of hydrogen-bond acceptors (Lipinski definition) is 3. The SMILES string of the molecule is NCc1ccc(NC(=O)CCOCC(F)(F)C(F)F)cc1. The van der Waals surface area contributed by atoms with Crippen molar-refractivity contribution in [2.45, 2.75) is 25.3 Å². The van der Waals surface area contributed by atoms with Crippen molar-refractivity contribution >= 4 is 11.6 Å². The van der Waals surface area contributed by atoms with Gasteiger partial charge in [0.1, 0.15) is 6.61 Å². The number of halogens is 4. The van der Waals surface area contributed by atoms with Gasteiger partial charge >= 0.3 is 12.3 Å². The molecule has 0 atom stereocenters. The van der Waals surface area contributed by atoms with Gasteiger partial charge in [-0.2, -0.15) is 8.78 Å². The molecule has 0 aliphatic rings. The Morgan fingerprint density at radius 2 is 1.90 bits per heavy atom. The minimum absolute atomic E-state index is 0.210. The summed E-state index contributed by atoms with van der Waals surface area (Å²) in [6, 6.07) is 6.75. The second kappa shape index (κ2) is 7.94. The lowest BCUT2D eigenvalue weighted by atomic mass is 10.2. The van der Waals surface area contributed by atoms with Crippen LogP contribution in [0, 0.1) is 0 Å². The molecule has 21 heavy (non-hydrogen) atoms. The molecule has 1 rings (SSSR count). The van der Waals surface area contributed by atoms with Gasteiger partial charge in [-0.1, -0.05) is 12.1 Å². The first-order valence-corrected chi connectivity index (χ1v) is 6.17. The summed E-state index contributed by atoms with van der Waals surface area (Å²) in [4.78, 5) is 11.5. The van der Waals surface area contributed by atoms with Crippen LogP contribution in [0.25, 0.3) is 0 Å². The standard InChI is InChI=1S/C13H16F4N2O2/c14-12(15)13(16,17)8-21-6-5-11(20)19-10-3-1-9(7-18)2-4-10/h1-4,12H,5-8,18H2,(H,19,20). The predicted molar refractivity (Wildman–Crippen MR) is 69.4 cm³/mol. The summed E-state index contributed by atoms with van der Waals surface area (Å²) in [5.41, 5.74) is 6.84. The van der Waals surface area contributed by atoms with Crippen LogP contribution in [0.4, 0.5) is 23.2 Å². The smallest absolute Gasteiger partial charge is 0.330 e. The highest BCUT2D eigenvalue weighted by Gasteiger charge is 2.40. The number of benzene rings is 1. The molecule has 8 heteroatoms. The minimum atomic E-state index is -4.20. The molecule has 0 spiro atoms. The van der Waals surface area contributed by atoms with Gasteiger partial charge in [0.2, 0.25) is 5.91 Å². The molecule has 0 aliphatic heterocycles. The summed E-state index contributed by atoms with van der Waals surface area (Å²) in [6.07, 6.45) is -4.00. The van der Waals surface area contributed by atoms with Crippen LogP contribution < -0.4 is 11.1 Å². The normalized spacial score (nSPS) is 11.7. The summed E-state index contributed by atoms with van der Waals surface area (Å²) in [5.74, 6) is -4.66. The van der Waals surface area contributed by atoms with Crippen molar-refractivity contribution in [2.75, 3.05) is 18.5 Å². The first kappa shape index (κ1) is 17.4. The van der Waals surface area contributed by atoms with Crippen molar-refractivity contribution in [3.63, 3.8) is 0 Å². The number of anilines is 1. The molecule has 4 nitrogen and oxygen atoms in total. The van der Waals surface area contributed by atoms with E-state index in [0.29, 0.717) is 12.2 Å². The number of nitrogens with two attached hydrogens (primary N) is 1. The van der Waals surface area contributed by atoms with Crippen molar-refractivity contribution in [3.05, 3.63) is 29.8 Å². The Balaban J connectivity index is 2.28. The van der Waals surface area contributed by atoms with E-state index in [4.69, 9.17) is 5.73 Å². The fourth-order valence-corrected chi connectivity index (χ4v) is 1.38. The third kappa shape index (κ3) is 6.09. The van der Waals surface area contributed by atoms with Crippen LogP contribution in [-0.2, 0) is 16.1 Å². The maximum Gasteiger partial charge on any atom is 0.330 e. The van der Waals surface area contributed by atoms with Crippen LogP contribution in [0.5, 0.6) is 0 Å². The molecular weight excluding hydrogens is 292 g/mol. The van der Waals surface area contributed by atoms with E-state index in [1.165, 1.54) is 0 Å². The number of ether oxygens (including phenoxy) is 1. The van der Waals surface area contributed by atoms with Crippen LogP contribution in [-0.4, -0.2) is 31.5 Å². The highest BCUT2D eigenvalue weighted by atomic mass is 19.3. The van der Waals surface area contributed by atoms with Gasteiger partial charge in [0, 0.05) is 12.2 Å². The van der Waals surface area contributed by atoms with E-state index in [0.717, 1.165) is 5.56 Å². The predicted octanol–water partition coefficient (Wildman–Crippen LogP) is 2.39. The van der Waals surface area contributed by atoms with Gasteiger partial charge < -0.3 is 15.8 Å². The van der Waals surface area contributed by atoms with Crippen molar-refractivity contribution in [1.82, 2.24) is 0 Å². The average Bonchev–Trinajstić information content (AvgIpc) is 2.44. The molecule has 1 aromatic rings. The largest absolute Gasteiger partial charge is 0.374 e. The van der Waals surface area contributed by atoms with E-state index in [1.54, 1.807) is 24.3 Å². The number of amides is 1. The van der Waals surface area contributed by atoms with E-state index in [9.17, 15) is 22.4 Å². The summed E-state index contributed by atoms with van der Waals surface area (Å²) >= 11 is 0. The molecule has 0 radical (unpaired) electrons. The molecule has 0 aromatic heterocycles. The van der Waals surface area contributed by atoms with Gasteiger partial charge in [-0.3, -0.25) is 4.79 Å². The molecule has 0 unspecified atom stereocenters. The quantitative estimate of drug-likeness (QED) is 0.572. The van der Waals surface area contributed by atoms with Gasteiger partial charge in [-0.15, -0.1) is 0 Å². The van der Waals surface area contributed by atoms with Crippen LogP contribution in [0.15, 0.2) is 24.3 Å². The summed E-state index contributed by atoms with van der Waals surface area (Å²) in [7, 11) is 0. The van der Waals surface area contributed by atoms with Crippen LogP contribution in [0.3, 0.4) is 0 Å². The Bertz CT molecular complexity index is 452. The Morgan fingerprint density at radius 3 is 2.43 bits per heavy atom. The first-order valence-electron chi connectivity index (χ1n) is 6.17. The van der Waals surface area contributed by atoms with Crippen LogP contribution in [0.1, 0.15) is 12.0 Å². The van der Waals surface area contributed by atoms with Gasteiger partial charge in [-0.05, 0) is 17.7 Å². The summed E-state index contributed by atoms with van der Waals surface area (Å²) in [5, 5.41) is 2.52. The summed E-state index contributed by atoms with van der Waals surface area (Å²) < 4.78 is 53.1. The van der Waals surface area contributed by atoms with E-state index >= 15 is 0 Å². The molecule has 0 heterocycles. The van der Waals surface area contributed by atoms with Gasteiger partial charge in [-0.25, -0.2) is 8.78 Å². The zero-order valence-corrected chi connectivity index (χ0v) is 11.1. The summed E-state index contributed by atoms with van der Waals surface area (Å²) in [6.45, 7) is -1.40. The molecule has 1 amide bonds. The number of alkyl halides is 4. The molecule has 1 aromatic carbocycles. The number of hydrogen-bond donors (Lipinski definition) is 2. The Hall–Kier alpha value is -1.67. The maximum absolute atomic E-state index is 12.5. The molecule has 0 fully saturated rings. The number of nitrogens with one attached hydrogen (secondary N) is 1. The second-order valence-corrected chi connectivity index (χ2v) is 4.31. The molecular formula is C13H16F4N2O2. The topological polar surface area (TPSA) is 64.3 Å². The molecule has 0 saturated carbocycles. The van der Waals surface area contributed by atoms with Crippen molar-refractivity contribution in [2.24, 2.45) is 5.73 Å². The van der Waals surface area contributed by atoms with Gasteiger partial charge in [0.15, 0.2) is 0 Å². The Labute approximate surface area is 119 Å². The highest BCUT2D eigenvalue weighted by Crippen LogP contribution is 2.22. The van der Waals surface area contributed by atoms with Gasteiger partial charge in [0.05, 0.1) is 13.0 Å². The van der Waals surface area contributed by atoms with Gasteiger partial charge in [0.25, 0.3) is 0 Å². The third-order valence-electron chi connectivity index (χ3n) is 2.56. The number of carbonyl (C=O) groups excluding carboxylic acids is 1. The molecule has 0 aliphatic carbocycles. The fourth-order valence-electron chi connectivity index (χ4n) is 1.38. The monoisotopic (exact) mass is 308 g/mol. The molecule has 0 bridgehead atoms. The fraction of sp³-hybridized carbons (Fsp3) is 0.462. The molecule has 118 valence electrons. The average molecular weight is 308 g/mol. The van der Waals surface area contributed by atoms with Crippen molar-refractivity contribution in [3.8, 4) is 0 Å². The lowest BCUT2D eigenvalue weighted by Gasteiger charge is -2.15. The van der Waals surface area contributed by atoms with Crippen LogP contribution in [0.2, 0.25) is 0 Å². The number of rotatable bonds is 8. The maximum atomic E-state index is 12.5. The second-order valence-electron chi connectivity index (χ2n) is 4.31. The van der Waals surface area contributed by atoms with Crippen LogP contribution >= 0.6 is 0 Å². The lowest BCUT2D eigenvalue weighted by molar-refractivity contribution is -0.166. The highest BCUT2D eigenvalue weighted by molar-refractivity contribution is 5.90. The zero-order valence-electron chi connectivity index (χ0n) is 11.1. The third-order valence-corrected chi connectivity index (χ3v) is 2.56. The van der Waals surface area contributed by atoms with Crippen molar-refractivity contribution < 1.29 is 27.1 Å². The van der Waals surface area contributed by atoms with E-state index in [-0.39, 0.29) is 13.0 Å². The van der Waals surface area contributed by atoms with E-state index in [2.05, 4.69) is 10.1 Å². The Kier molecular flexibility index (Phi) is 6.57. The van der Waals surface area contributed by atoms with Crippen molar-refractivity contribution in [1.29, 1.82) is 0 Å².